The number of amides is 1. The minimum absolute atomic E-state index is 0.214. The number of hydrogen-bond acceptors (Lipinski definition) is 3. The number of para-hydroxylation sites is 1. The second kappa shape index (κ2) is 5.01. The molecule has 1 N–H and O–H groups in total. The van der Waals surface area contributed by atoms with Crippen molar-refractivity contribution in [3.8, 4) is 0 Å². The highest BCUT2D eigenvalue weighted by Gasteiger charge is 2.12. The van der Waals surface area contributed by atoms with Crippen molar-refractivity contribution in [1.82, 2.24) is 14.6 Å². The lowest BCUT2D eigenvalue weighted by molar-refractivity contribution is 0.102. The fraction of sp³-hybridized carbons (Fsp3) is 0.188. The van der Waals surface area contributed by atoms with Gasteiger partial charge in [-0.25, -0.2) is 9.50 Å². The van der Waals surface area contributed by atoms with Gasteiger partial charge in [0.25, 0.3) is 5.91 Å². The summed E-state index contributed by atoms with van der Waals surface area (Å²) in [7, 11) is 0. The summed E-state index contributed by atoms with van der Waals surface area (Å²) in [5, 5.41) is 7.23. The van der Waals surface area contributed by atoms with Gasteiger partial charge in [-0.2, -0.15) is 5.10 Å². The van der Waals surface area contributed by atoms with Gasteiger partial charge in [-0.1, -0.05) is 18.2 Å². The lowest BCUT2D eigenvalue weighted by Crippen LogP contribution is -2.15. The van der Waals surface area contributed by atoms with Gasteiger partial charge in [0.05, 0.1) is 5.69 Å². The number of carbonyl (C=O) groups is 1. The summed E-state index contributed by atoms with van der Waals surface area (Å²) in [6.45, 7) is 5.77. The van der Waals surface area contributed by atoms with E-state index in [9.17, 15) is 4.79 Å². The molecule has 2 aromatic heterocycles. The number of anilines is 1. The van der Waals surface area contributed by atoms with Crippen LogP contribution in [-0.2, 0) is 0 Å². The quantitative estimate of drug-likeness (QED) is 0.785. The molecule has 2 heterocycles. The average molecular weight is 280 g/mol. The number of nitrogens with zero attached hydrogens (tertiary/aromatic N) is 3. The molecule has 1 amide bonds. The molecule has 106 valence electrons. The number of aryl methyl sites for hydroxylation is 3. The first-order valence-corrected chi connectivity index (χ1v) is 6.75. The van der Waals surface area contributed by atoms with Crippen LogP contribution < -0.4 is 5.32 Å². The number of aromatic nitrogens is 3. The molecule has 1 aromatic carbocycles. The molecule has 0 saturated carbocycles. The van der Waals surface area contributed by atoms with Crippen molar-refractivity contribution in [2.24, 2.45) is 0 Å². The maximum absolute atomic E-state index is 12.4. The summed E-state index contributed by atoms with van der Waals surface area (Å²) >= 11 is 0. The van der Waals surface area contributed by atoms with Crippen LogP contribution in [0.5, 0.6) is 0 Å². The van der Waals surface area contributed by atoms with Gasteiger partial charge in [0.2, 0.25) is 0 Å². The normalized spacial score (nSPS) is 10.8. The SMILES string of the molecule is Cc1cc2nc(C(=O)Nc3ccccc3C)cc(C)n2n1. The number of fused-ring (bicyclic) bond motifs is 1. The van der Waals surface area contributed by atoms with Crippen LogP contribution in [0.1, 0.15) is 27.4 Å². The van der Waals surface area contributed by atoms with Gasteiger partial charge in [0.15, 0.2) is 5.65 Å². The molecule has 0 radical (unpaired) electrons. The molecular formula is C16H16N4O. The number of nitrogens with one attached hydrogen (secondary N) is 1. The highest BCUT2D eigenvalue weighted by molar-refractivity contribution is 6.03. The lowest BCUT2D eigenvalue weighted by atomic mass is 10.2. The summed E-state index contributed by atoms with van der Waals surface area (Å²) in [6, 6.07) is 11.3. The Hall–Kier alpha value is -2.69. The van der Waals surface area contributed by atoms with E-state index in [0.717, 1.165) is 22.6 Å². The van der Waals surface area contributed by atoms with Crippen LogP contribution in [0.15, 0.2) is 36.4 Å². The third-order valence-electron chi connectivity index (χ3n) is 3.35. The van der Waals surface area contributed by atoms with E-state index in [1.807, 2.05) is 51.1 Å². The van der Waals surface area contributed by atoms with Crippen LogP contribution in [0.25, 0.3) is 5.65 Å². The zero-order valence-corrected chi connectivity index (χ0v) is 12.2. The standard InChI is InChI=1S/C16H16N4O/c1-10-6-4-5-7-13(10)18-16(21)14-9-12(3)20-15(17-14)8-11(2)19-20/h4-9H,1-3H3,(H,18,21). The van der Waals surface area contributed by atoms with Gasteiger partial charge in [-0.15, -0.1) is 0 Å². The van der Waals surface area contributed by atoms with Gasteiger partial charge < -0.3 is 5.32 Å². The molecule has 3 aromatic rings. The Bertz CT molecular complexity index is 835. The van der Waals surface area contributed by atoms with Crippen LogP contribution in [-0.4, -0.2) is 20.5 Å². The van der Waals surface area contributed by atoms with Crippen molar-refractivity contribution in [3.05, 3.63) is 59.0 Å². The van der Waals surface area contributed by atoms with Crippen LogP contribution >= 0.6 is 0 Å². The van der Waals surface area contributed by atoms with E-state index < -0.39 is 0 Å². The van der Waals surface area contributed by atoms with E-state index in [-0.39, 0.29) is 5.91 Å². The van der Waals surface area contributed by atoms with E-state index >= 15 is 0 Å². The van der Waals surface area contributed by atoms with Crippen LogP contribution in [0.3, 0.4) is 0 Å². The number of carbonyl (C=O) groups excluding carboxylic acids is 1. The predicted octanol–water partition coefficient (Wildman–Crippen LogP) is 2.91. The maximum Gasteiger partial charge on any atom is 0.274 e. The second-order valence-electron chi connectivity index (χ2n) is 5.11. The van der Waals surface area contributed by atoms with Crippen LogP contribution in [0.2, 0.25) is 0 Å². The monoisotopic (exact) mass is 280 g/mol. The molecule has 0 unspecified atom stereocenters. The van der Waals surface area contributed by atoms with Crippen molar-refractivity contribution in [2.75, 3.05) is 5.32 Å². The molecule has 0 atom stereocenters. The Morgan fingerprint density at radius 3 is 2.67 bits per heavy atom. The number of benzene rings is 1. The smallest absolute Gasteiger partial charge is 0.274 e. The largest absolute Gasteiger partial charge is 0.320 e. The highest BCUT2D eigenvalue weighted by Crippen LogP contribution is 2.15. The maximum atomic E-state index is 12.4. The number of hydrogen-bond donors (Lipinski definition) is 1. The summed E-state index contributed by atoms with van der Waals surface area (Å²) in [5.74, 6) is -0.214. The molecule has 0 aliphatic rings. The van der Waals surface area contributed by atoms with Crippen molar-refractivity contribution >= 4 is 17.2 Å². The van der Waals surface area contributed by atoms with E-state index in [0.29, 0.717) is 11.3 Å². The van der Waals surface area contributed by atoms with Crippen LogP contribution in [0.4, 0.5) is 5.69 Å². The molecule has 5 nitrogen and oxygen atoms in total. The van der Waals surface area contributed by atoms with E-state index in [4.69, 9.17) is 0 Å². The fourth-order valence-corrected chi connectivity index (χ4v) is 2.26. The Labute approximate surface area is 122 Å². The Morgan fingerprint density at radius 2 is 1.90 bits per heavy atom. The molecule has 0 fully saturated rings. The Kier molecular flexibility index (Phi) is 3.17. The molecule has 0 spiro atoms. The topological polar surface area (TPSA) is 59.3 Å². The van der Waals surface area contributed by atoms with Crippen molar-refractivity contribution in [3.63, 3.8) is 0 Å². The Balaban J connectivity index is 1.96. The van der Waals surface area contributed by atoms with Crippen molar-refractivity contribution in [2.45, 2.75) is 20.8 Å². The van der Waals surface area contributed by atoms with E-state index in [1.165, 1.54) is 0 Å². The summed E-state index contributed by atoms with van der Waals surface area (Å²) in [4.78, 5) is 16.7. The lowest BCUT2D eigenvalue weighted by Gasteiger charge is -2.08. The summed E-state index contributed by atoms with van der Waals surface area (Å²) in [6.07, 6.45) is 0. The molecule has 21 heavy (non-hydrogen) atoms. The molecule has 5 heteroatoms. The molecule has 0 aliphatic heterocycles. The molecule has 3 rings (SSSR count). The van der Waals surface area contributed by atoms with E-state index in [1.54, 1.807) is 10.6 Å². The van der Waals surface area contributed by atoms with E-state index in [2.05, 4.69) is 15.4 Å². The number of rotatable bonds is 2. The molecule has 0 bridgehead atoms. The first-order valence-electron chi connectivity index (χ1n) is 6.75. The highest BCUT2D eigenvalue weighted by atomic mass is 16.1. The van der Waals surface area contributed by atoms with Gasteiger partial charge in [0.1, 0.15) is 5.69 Å². The van der Waals surface area contributed by atoms with Crippen molar-refractivity contribution < 1.29 is 4.79 Å². The zero-order valence-electron chi connectivity index (χ0n) is 12.2. The first-order chi connectivity index (χ1) is 10.0. The van der Waals surface area contributed by atoms with Gasteiger partial charge >= 0.3 is 0 Å². The predicted molar refractivity (Wildman–Crippen MR) is 81.6 cm³/mol. The molecular weight excluding hydrogens is 264 g/mol. The Morgan fingerprint density at radius 1 is 1.14 bits per heavy atom. The summed E-state index contributed by atoms with van der Waals surface area (Å²) in [5.41, 5.74) is 4.64. The van der Waals surface area contributed by atoms with Gasteiger partial charge in [-0.05, 0) is 38.5 Å². The first kappa shape index (κ1) is 13.3. The van der Waals surface area contributed by atoms with Gasteiger partial charge in [-0.3, -0.25) is 4.79 Å². The van der Waals surface area contributed by atoms with Gasteiger partial charge in [0, 0.05) is 17.4 Å². The average Bonchev–Trinajstić information content (AvgIpc) is 2.82. The minimum atomic E-state index is -0.214. The van der Waals surface area contributed by atoms with Crippen LogP contribution in [0, 0.1) is 20.8 Å². The molecule has 0 aliphatic carbocycles. The van der Waals surface area contributed by atoms with Crippen molar-refractivity contribution in [1.29, 1.82) is 0 Å². The summed E-state index contributed by atoms with van der Waals surface area (Å²) < 4.78 is 1.74. The zero-order chi connectivity index (χ0) is 15.0. The minimum Gasteiger partial charge on any atom is -0.320 e. The fourth-order valence-electron chi connectivity index (χ4n) is 2.26. The third-order valence-corrected chi connectivity index (χ3v) is 3.35. The second-order valence-corrected chi connectivity index (χ2v) is 5.11. The third kappa shape index (κ3) is 2.50. The molecule has 0 saturated heterocycles.